The summed E-state index contributed by atoms with van der Waals surface area (Å²) in [4.78, 5) is 22.2. The zero-order chi connectivity index (χ0) is 16.0. The first kappa shape index (κ1) is 14.9. The first-order valence-corrected chi connectivity index (χ1v) is 9.36. The molecular weight excluding hydrogens is 332 g/mol. The van der Waals surface area contributed by atoms with E-state index in [0.717, 1.165) is 29.5 Å². The van der Waals surface area contributed by atoms with E-state index < -0.39 is 0 Å². The van der Waals surface area contributed by atoms with Crippen molar-refractivity contribution in [2.24, 2.45) is 5.92 Å². The minimum absolute atomic E-state index is 0.0359. The quantitative estimate of drug-likeness (QED) is 0.578. The number of hydrogen-bond acceptors (Lipinski definition) is 7. The predicted octanol–water partition coefficient (Wildman–Crippen LogP) is 3.09. The largest absolute Gasteiger partial charge is 0.425 e. The van der Waals surface area contributed by atoms with E-state index in [9.17, 15) is 4.79 Å². The highest BCUT2D eigenvalue weighted by Gasteiger charge is 2.23. The van der Waals surface area contributed by atoms with Crippen molar-refractivity contribution in [2.45, 2.75) is 44.0 Å². The molecule has 1 aliphatic carbocycles. The zero-order valence-corrected chi connectivity index (χ0v) is 14.5. The highest BCUT2D eigenvalue weighted by atomic mass is 32.2. The van der Waals surface area contributed by atoms with E-state index in [0.29, 0.717) is 28.6 Å². The summed E-state index contributed by atoms with van der Waals surface area (Å²) in [5, 5.41) is 9.14. The Labute approximate surface area is 140 Å². The maximum absolute atomic E-state index is 12.5. The fraction of sp³-hybridized carbons (Fsp3) is 0.467. The average molecular weight is 348 g/mol. The molecule has 0 aromatic carbocycles. The first-order valence-electron chi connectivity index (χ1n) is 7.56. The van der Waals surface area contributed by atoms with E-state index in [4.69, 9.17) is 4.42 Å². The van der Waals surface area contributed by atoms with Gasteiger partial charge in [-0.3, -0.25) is 4.79 Å². The van der Waals surface area contributed by atoms with Crippen molar-refractivity contribution in [3.63, 3.8) is 0 Å². The van der Waals surface area contributed by atoms with Crippen LogP contribution in [0, 0.1) is 12.8 Å². The minimum atomic E-state index is -0.0359. The van der Waals surface area contributed by atoms with E-state index in [1.165, 1.54) is 22.2 Å². The fourth-order valence-corrected chi connectivity index (χ4v) is 5.06. The summed E-state index contributed by atoms with van der Waals surface area (Å²) in [5.74, 6) is 2.26. The summed E-state index contributed by atoms with van der Waals surface area (Å²) >= 11 is 3.07. The number of thiophene rings is 1. The lowest BCUT2D eigenvalue weighted by molar-refractivity contribution is 0.485. The van der Waals surface area contributed by atoms with Crippen LogP contribution in [0.2, 0.25) is 0 Å². The van der Waals surface area contributed by atoms with Gasteiger partial charge in [0, 0.05) is 11.8 Å². The second-order valence-electron chi connectivity index (χ2n) is 5.91. The smallest absolute Gasteiger partial charge is 0.260 e. The molecule has 1 atom stereocenters. The normalized spacial score (nSPS) is 17.6. The van der Waals surface area contributed by atoms with Gasteiger partial charge in [0.2, 0.25) is 11.8 Å². The third-order valence-electron chi connectivity index (χ3n) is 4.04. The highest BCUT2D eigenvalue weighted by molar-refractivity contribution is 7.98. The zero-order valence-electron chi connectivity index (χ0n) is 12.9. The molecule has 1 N–H and O–H groups in total. The monoisotopic (exact) mass is 348 g/mol. The molecule has 3 heterocycles. The van der Waals surface area contributed by atoms with Gasteiger partial charge in [-0.25, -0.2) is 4.98 Å². The molecule has 0 amide bonds. The van der Waals surface area contributed by atoms with Crippen molar-refractivity contribution >= 4 is 33.3 Å². The molecule has 0 radical (unpaired) electrons. The lowest BCUT2D eigenvalue weighted by Gasteiger charge is -2.17. The van der Waals surface area contributed by atoms with Crippen LogP contribution in [0.4, 0.5) is 0 Å². The van der Waals surface area contributed by atoms with Crippen molar-refractivity contribution in [1.82, 2.24) is 20.2 Å². The van der Waals surface area contributed by atoms with Gasteiger partial charge in [-0.05, 0) is 30.7 Å². The van der Waals surface area contributed by atoms with Gasteiger partial charge in [0.15, 0.2) is 5.16 Å². The Morgan fingerprint density at radius 3 is 3.09 bits per heavy atom. The van der Waals surface area contributed by atoms with E-state index in [2.05, 4.69) is 27.1 Å². The number of aryl methyl sites for hydroxylation is 2. The number of nitrogens with one attached hydrogen (secondary N) is 1. The van der Waals surface area contributed by atoms with Gasteiger partial charge in [0.25, 0.3) is 5.56 Å². The fourth-order valence-electron chi connectivity index (χ4n) is 2.92. The predicted molar refractivity (Wildman–Crippen MR) is 90.0 cm³/mol. The van der Waals surface area contributed by atoms with Crippen LogP contribution in [0.1, 0.15) is 35.6 Å². The number of nitrogens with zero attached hydrogens (tertiary/aromatic N) is 3. The summed E-state index contributed by atoms with van der Waals surface area (Å²) in [6, 6.07) is 0. The molecule has 0 saturated heterocycles. The van der Waals surface area contributed by atoms with Crippen molar-refractivity contribution in [3.8, 4) is 0 Å². The van der Waals surface area contributed by atoms with E-state index in [-0.39, 0.29) is 5.56 Å². The third-order valence-corrected chi connectivity index (χ3v) is 6.05. The summed E-state index contributed by atoms with van der Waals surface area (Å²) in [7, 11) is 0. The van der Waals surface area contributed by atoms with Crippen molar-refractivity contribution in [2.75, 3.05) is 0 Å². The molecule has 120 valence electrons. The molecule has 0 aliphatic heterocycles. The summed E-state index contributed by atoms with van der Waals surface area (Å²) in [5.41, 5.74) is 1.17. The molecule has 0 saturated carbocycles. The maximum Gasteiger partial charge on any atom is 0.260 e. The maximum atomic E-state index is 12.5. The van der Waals surface area contributed by atoms with Gasteiger partial charge in [0.1, 0.15) is 4.83 Å². The van der Waals surface area contributed by atoms with Crippen LogP contribution in [-0.2, 0) is 18.6 Å². The second-order valence-corrected chi connectivity index (χ2v) is 7.95. The number of aromatic amines is 1. The molecule has 8 heteroatoms. The minimum Gasteiger partial charge on any atom is -0.425 e. The first-order chi connectivity index (χ1) is 11.1. The van der Waals surface area contributed by atoms with Gasteiger partial charge in [0.05, 0.1) is 11.1 Å². The molecule has 3 aromatic heterocycles. The molecular formula is C15H16N4O2S2. The van der Waals surface area contributed by atoms with Crippen LogP contribution in [0.3, 0.4) is 0 Å². The SMILES string of the molecule is Cc1nnc(CSc2nc3sc4c(c3c(=O)[nH]2)CC[C@H](C)C4)o1. The Morgan fingerprint density at radius 1 is 1.43 bits per heavy atom. The molecule has 1 aliphatic rings. The van der Waals surface area contributed by atoms with Crippen molar-refractivity contribution < 1.29 is 4.42 Å². The molecule has 3 aromatic rings. The van der Waals surface area contributed by atoms with Gasteiger partial charge in [-0.2, -0.15) is 0 Å². The average Bonchev–Trinajstić information content (AvgIpc) is 3.07. The van der Waals surface area contributed by atoms with Crippen molar-refractivity contribution in [3.05, 3.63) is 32.6 Å². The summed E-state index contributed by atoms with van der Waals surface area (Å²) < 4.78 is 5.34. The van der Waals surface area contributed by atoms with Crippen LogP contribution in [-0.4, -0.2) is 20.2 Å². The Bertz CT molecular complexity index is 927. The standard InChI is InChI=1S/C15H16N4O2S2/c1-7-3-4-9-10(5-7)23-14-12(9)13(20)16-15(17-14)22-6-11-19-18-8(2)21-11/h7H,3-6H2,1-2H3,(H,16,17,20)/t7-/m0/s1. The van der Waals surface area contributed by atoms with Crippen LogP contribution in [0.15, 0.2) is 14.4 Å². The second kappa shape index (κ2) is 5.76. The van der Waals surface area contributed by atoms with Gasteiger partial charge in [-0.15, -0.1) is 21.5 Å². The van der Waals surface area contributed by atoms with Crippen LogP contribution in [0.5, 0.6) is 0 Å². The lowest BCUT2D eigenvalue weighted by Crippen LogP contribution is -2.13. The highest BCUT2D eigenvalue weighted by Crippen LogP contribution is 2.36. The molecule has 0 unspecified atom stereocenters. The Kier molecular flexibility index (Phi) is 3.73. The van der Waals surface area contributed by atoms with Crippen LogP contribution in [0.25, 0.3) is 10.2 Å². The topological polar surface area (TPSA) is 84.7 Å². The van der Waals surface area contributed by atoms with Gasteiger partial charge >= 0.3 is 0 Å². The van der Waals surface area contributed by atoms with E-state index >= 15 is 0 Å². The Balaban J connectivity index is 1.66. The van der Waals surface area contributed by atoms with E-state index in [1.54, 1.807) is 18.3 Å². The molecule has 0 bridgehead atoms. The lowest BCUT2D eigenvalue weighted by atomic mass is 9.89. The summed E-state index contributed by atoms with van der Waals surface area (Å²) in [6.07, 6.45) is 3.18. The van der Waals surface area contributed by atoms with Gasteiger partial charge < -0.3 is 9.40 Å². The number of fused-ring (bicyclic) bond motifs is 3. The number of hydrogen-bond donors (Lipinski definition) is 1. The number of aromatic nitrogens is 4. The third kappa shape index (κ3) is 2.81. The summed E-state index contributed by atoms with van der Waals surface area (Å²) in [6.45, 7) is 4.02. The van der Waals surface area contributed by atoms with Crippen molar-refractivity contribution in [1.29, 1.82) is 0 Å². The van der Waals surface area contributed by atoms with E-state index in [1.807, 2.05) is 0 Å². The number of rotatable bonds is 3. The number of H-pyrrole nitrogens is 1. The molecule has 0 spiro atoms. The van der Waals surface area contributed by atoms with Crippen LogP contribution < -0.4 is 5.56 Å². The molecule has 6 nitrogen and oxygen atoms in total. The van der Waals surface area contributed by atoms with Gasteiger partial charge in [-0.1, -0.05) is 18.7 Å². The Morgan fingerprint density at radius 2 is 2.30 bits per heavy atom. The molecule has 0 fully saturated rings. The molecule has 23 heavy (non-hydrogen) atoms. The van der Waals surface area contributed by atoms with Crippen LogP contribution >= 0.6 is 23.1 Å². The Hall–Kier alpha value is -1.67. The number of thioether (sulfide) groups is 1. The molecule has 4 rings (SSSR count).